The molecule has 0 saturated heterocycles. The second-order valence-corrected chi connectivity index (χ2v) is 7.42. The Kier molecular flexibility index (Phi) is 6.87. The highest BCUT2D eigenvalue weighted by Crippen LogP contribution is 2.21. The van der Waals surface area contributed by atoms with Gasteiger partial charge in [-0.3, -0.25) is 0 Å². The Morgan fingerprint density at radius 3 is 2.63 bits per heavy atom. The number of amides is 2. The van der Waals surface area contributed by atoms with Crippen molar-refractivity contribution in [1.29, 1.82) is 0 Å². The maximum absolute atomic E-state index is 14.1. The number of nitrogens with zero attached hydrogens (tertiary/aromatic N) is 2. The Labute approximate surface area is 174 Å². The van der Waals surface area contributed by atoms with Gasteiger partial charge in [0.2, 0.25) is 0 Å². The lowest BCUT2D eigenvalue weighted by atomic mass is 10.0. The number of hydrogen-bond donors (Lipinski definition) is 1. The molecule has 0 unspecified atom stereocenters. The highest BCUT2D eigenvalue weighted by atomic mass is 19.1. The van der Waals surface area contributed by atoms with Gasteiger partial charge in [-0.05, 0) is 49.7 Å². The van der Waals surface area contributed by atoms with Crippen molar-refractivity contribution < 1.29 is 23.1 Å². The van der Waals surface area contributed by atoms with Gasteiger partial charge in [0.1, 0.15) is 17.4 Å². The van der Waals surface area contributed by atoms with Gasteiger partial charge in [0.05, 0.1) is 25.9 Å². The van der Waals surface area contributed by atoms with E-state index < -0.39 is 11.6 Å². The summed E-state index contributed by atoms with van der Waals surface area (Å²) in [6.45, 7) is 3.87. The topological polar surface area (TPSA) is 63.2 Å². The van der Waals surface area contributed by atoms with E-state index in [4.69, 9.17) is 9.57 Å². The van der Waals surface area contributed by atoms with Crippen LogP contribution < -0.4 is 10.1 Å². The van der Waals surface area contributed by atoms with E-state index in [1.54, 1.807) is 7.11 Å². The SMILES string of the molecule is COc1ccc(C2=NO[C@H](CN(Cc3ccc(F)cc3F)C(=O)NC(C)C)C2)cc1. The summed E-state index contributed by atoms with van der Waals surface area (Å²) in [6, 6.07) is 10.3. The van der Waals surface area contributed by atoms with E-state index in [2.05, 4.69) is 10.5 Å². The lowest BCUT2D eigenvalue weighted by molar-refractivity contribution is 0.0584. The predicted octanol–water partition coefficient (Wildman–Crippen LogP) is 4.09. The smallest absolute Gasteiger partial charge is 0.318 e. The third-order valence-electron chi connectivity index (χ3n) is 4.66. The third-order valence-corrected chi connectivity index (χ3v) is 4.66. The van der Waals surface area contributed by atoms with Gasteiger partial charge >= 0.3 is 6.03 Å². The molecule has 2 aromatic rings. The average Bonchev–Trinajstić information content (AvgIpc) is 3.17. The van der Waals surface area contributed by atoms with E-state index in [1.807, 2.05) is 38.1 Å². The van der Waals surface area contributed by atoms with Gasteiger partial charge in [-0.25, -0.2) is 13.6 Å². The molecule has 0 aliphatic carbocycles. The molecule has 2 amide bonds. The van der Waals surface area contributed by atoms with Crippen LogP contribution in [0.1, 0.15) is 31.4 Å². The van der Waals surface area contributed by atoms with E-state index in [0.29, 0.717) is 6.42 Å². The minimum Gasteiger partial charge on any atom is -0.497 e. The quantitative estimate of drug-likeness (QED) is 0.738. The molecule has 0 aromatic heterocycles. The molecule has 0 radical (unpaired) electrons. The molecule has 1 aliphatic heterocycles. The van der Waals surface area contributed by atoms with Gasteiger partial charge in [0, 0.05) is 24.1 Å². The summed E-state index contributed by atoms with van der Waals surface area (Å²) in [6.07, 6.45) is 0.132. The highest BCUT2D eigenvalue weighted by Gasteiger charge is 2.27. The summed E-state index contributed by atoms with van der Waals surface area (Å²) in [4.78, 5) is 19.6. The fourth-order valence-electron chi connectivity index (χ4n) is 3.14. The number of hydrogen-bond acceptors (Lipinski definition) is 4. The number of urea groups is 1. The standard InChI is InChI=1S/C22H25F2N3O3/c1-14(2)25-22(28)27(12-16-4-7-17(23)10-20(16)24)13-19-11-21(26-30-19)15-5-8-18(29-3)9-6-15/h4-10,14,19H,11-13H2,1-3H3,(H,25,28)/t19-/m0/s1. The molecule has 30 heavy (non-hydrogen) atoms. The van der Waals surface area contributed by atoms with Crippen LogP contribution in [-0.2, 0) is 11.4 Å². The number of benzene rings is 2. The van der Waals surface area contributed by atoms with Crippen molar-refractivity contribution in [2.24, 2.45) is 5.16 Å². The molecule has 1 N–H and O–H groups in total. The number of methoxy groups -OCH3 is 1. The van der Waals surface area contributed by atoms with Crippen molar-refractivity contribution in [1.82, 2.24) is 10.2 Å². The molecule has 3 rings (SSSR count). The number of nitrogens with one attached hydrogen (secondary N) is 1. The van der Waals surface area contributed by atoms with Crippen LogP contribution in [-0.4, -0.2) is 42.4 Å². The van der Waals surface area contributed by atoms with Gasteiger partial charge < -0.3 is 19.8 Å². The monoisotopic (exact) mass is 417 g/mol. The number of halogens is 2. The summed E-state index contributed by atoms with van der Waals surface area (Å²) >= 11 is 0. The summed E-state index contributed by atoms with van der Waals surface area (Å²) < 4.78 is 32.5. The molecule has 0 fully saturated rings. The van der Waals surface area contributed by atoms with Crippen LogP contribution in [0.25, 0.3) is 0 Å². The van der Waals surface area contributed by atoms with Crippen LogP contribution in [0.3, 0.4) is 0 Å². The Morgan fingerprint density at radius 2 is 2.00 bits per heavy atom. The van der Waals surface area contributed by atoms with Crippen molar-refractivity contribution in [3.05, 3.63) is 65.2 Å². The lowest BCUT2D eigenvalue weighted by Gasteiger charge is -2.26. The molecule has 2 aromatic carbocycles. The zero-order valence-electron chi connectivity index (χ0n) is 17.2. The molecule has 160 valence electrons. The first kappa shape index (κ1) is 21.5. The summed E-state index contributed by atoms with van der Waals surface area (Å²) in [5.41, 5.74) is 1.89. The fourth-order valence-corrected chi connectivity index (χ4v) is 3.14. The summed E-state index contributed by atoms with van der Waals surface area (Å²) in [5, 5.41) is 6.95. The van der Waals surface area contributed by atoms with Crippen LogP contribution in [0, 0.1) is 11.6 Å². The Morgan fingerprint density at radius 1 is 1.27 bits per heavy atom. The van der Waals surface area contributed by atoms with Gasteiger partial charge in [0.15, 0.2) is 6.10 Å². The molecule has 0 spiro atoms. The largest absolute Gasteiger partial charge is 0.497 e. The fraction of sp³-hybridized carbons (Fsp3) is 0.364. The Bertz CT molecular complexity index is 916. The Hall–Kier alpha value is -3.16. The van der Waals surface area contributed by atoms with Crippen molar-refractivity contribution in [2.45, 2.75) is 39.0 Å². The van der Waals surface area contributed by atoms with Crippen LogP contribution in [0.2, 0.25) is 0 Å². The normalized spacial score (nSPS) is 15.5. The number of oxime groups is 1. The second kappa shape index (κ2) is 9.56. The average molecular weight is 417 g/mol. The number of ether oxygens (including phenoxy) is 1. The first-order chi connectivity index (χ1) is 14.4. The Balaban J connectivity index is 1.69. The second-order valence-electron chi connectivity index (χ2n) is 7.42. The molecule has 1 aliphatic rings. The molecular weight excluding hydrogens is 392 g/mol. The third kappa shape index (κ3) is 5.46. The molecular formula is C22H25F2N3O3. The van der Waals surface area contributed by atoms with E-state index in [1.165, 1.54) is 17.0 Å². The lowest BCUT2D eigenvalue weighted by Crippen LogP contribution is -2.45. The minimum atomic E-state index is -0.695. The predicted molar refractivity (Wildman–Crippen MR) is 109 cm³/mol. The maximum Gasteiger partial charge on any atom is 0.318 e. The van der Waals surface area contributed by atoms with Crippen molar-refractivity contribution in [2.75, 3.05) is 13.7 Å². The van der Waals surface area contributed by atoms with E-state index in [-0.39, 0.29) is 36.8 Å². The maximum atomic E-state index is 14.1. The summed E-state index contributed by atoms with van der Waals surface area (Å²) in [5.74, 6) is -0.612. The van der Waals surface area contributed by atoms with Crippen molar-refractivity contribution in [3.63, 3.8) is 0 Å². The van der Waals surface area contributed by atoms with E-state index in [9.17, 15) is 13.6 Å². The van der Waals surface area contributed by atoms with E-state index >= 15 is 0 Å². The zero-order chi connectivity index (χ0) is 21.7. The summed E-state index contributed by atoms with van der Waals surface area (Å²) in [7, 11) is 1.60. The van der Waals surface area contributed by atoms with Gasteiger partial charge in [-0.1, -0.05) is 11.2 Å². The first-order valence-corrected chi connectivity index (χ1v) is 9.72. The van der Waals surface area contributed by atoms with Crippen LogP contribution in [0.4, 0.5) is 13.6 Å². The number of carbonyl (C=O) groups excluding carboxylic acids is 1. The molecule has 1 atom stereocenters. The van der Waals surface area contributed by atoms with E-state index in [0.717, 1.165) is 23.1 Å². The first-order valence-electron chi connectivity index (χ1n) is 9.72. The molecule has 8 heteroatoms. The molecule has 0 bridgehead atoms. The van der Waals surface area contributed by atoms with Crippen LogP contribution in [0.15, 0.2) is 47.6 Å². The van der Waals surface area contributed by atoms with Gasteiger partial charge in [-0.15, -0.1) is 0 Å². The zero-order valence-corrected chi connectivity index (χ0v) is 17.2. The molecule has 0 saturated carbocycles. The minimum absolute atomic E-state index is 0.0115. The number of carbonyl (C=O) groups is 1. The molecule has 6 nitrogen and oxygen atoms in total. The van der Waals surface area contributed by atoms with Gasteiger partial charge in [-0.2, -0.15) is 0 Å². The van der Waals surface area contributed by atoms with Crippen molar-refractivity contribution >= 4 is 11.7 Å². The highest BCUT2D eigenvalue weighted by molar-refractivity contribution is 6.01. The number of rotatable bonds is 7. The molecule has 1 heterocycles. The van der Waals surface area contributed by atoms with Crippen LogP contribution in [0.5, 0.6) is 5.75 Å². The van der Waals surface area contributed by atoms with Gasteiger partial charge in [0.25, 0.3) is 0 Å². The van der Waals surface area contributed by atoms with Crippen molar-refractivity contribution in [3.8, 4) is 5.75 Å². The van der Waals surface area contributed by atoms with Crippen LogP contribution >= 0.6 is 0 Å².